The van der Waals surface area contributed by atoms with E-state index in [1.165, 1.54) is 0 Å². The number of halogens is 2. The lowest BCUT2D eigenvalue weighted by Crippen LogP contribution is -2.34. The Morgan fingerprint density at radius 1 is 1.14 bits per heavy atom. The van der Waals surface area contributed by atoms with Crippen LogP contribution in [0.4, 0.5) is 8.78 Å². The normalized spacial score (nSPS) is 24.8. The van der Waals surface area contributed by atoms with Gasteiger partial charge in [0.25, 0.3) is 5.92 Å². The van der Waals surface area contributed by atoms with Gasteiger partial charge in [0.1, 0.15) is 5.75 Å². The largest absolute Gasteiger partial charge is 0.497 e. The standard InChI is InChI=1S/C18H26F2O/c1-3-4-5-6-14-7-12-17(18(19,20)13-14)15-8-10-16(21-2)11-9-15/h8-11,14,17H,3-7,12-13H2,1-2H3. The van der Waals surface area contributed by atoms with E-state index in [4.69, 9.17) is 4.74 Å². The Bertz CT molecular complexity index is 427. The summed E-state index contributed by atoms with van der Waals surface area (Å²) in [4.78, 5) is 0. The number of benzene rings is 1. The zero-order valence-corrected chi connectivity index (χ0v) is 13.1. The second-order valence-electron chi connectivity index (χ2n) is 6.23. The molecule has 0 radical (unpaired) electrons. The minimum Gasteiger partial charge on any atom is -0.497 e. The van der Waals surface area contributed by atoms with Crippen LogP contribution in [0.2, 0.25) is 0 Å². The Morgan fingerprint density at radius 3 is 2.43 bits per heavy atom. The van der Waals surface area contributed by atoms with E-state index in [9.17, 15) is 8.78 Å². The van der Waals surface area contributed by atoms with E-state index in [0.29, 0.717) is 6.42 Å². The molecule has 2 rings (SSSR count). The summed E-state index contributed by atoms with van der Waals surface area (Å²) in [6.45, 7) is 2.15. The molecule has 2 atom stereocenters. The first-order valence-corrected chi connectivity index (χ1v) is 8.08. The van der Waals surface area contributed by atoms with Gasteiger partial charge in [0.05, 0.1) is 7.11 Å². The summed E-state index contributed by atoms with van der Waals surface area (Å²) in [6, 6.07) is 7.13. The molecule has 0 amide bonds. The fourth-order valence-corrected chi connectivity index (χ4v) is 3.42. The van der Waals surface area contributed by atoms with Crippen molar-refractivity contribution < 1.29 is 13.5 Å². The van der Waals surface area contributed by atoms with E-state index in [2.05, 4.69) is 6.92 Å². The van der Waals surface area contributed by atoms with E-state index in [-0.39, 0.29) is 12.3 Å². The van der Waals surface area contributed by atoms with Gasteiger partial charge in [0.2, 0.25) is 0 Å². The average Bonchev–Trinajstić information content (AvgIpc) is 2.47. The number of methoxy groups -OCH3 is 1. The van der Waals surface area contributed by atoms with Crippen molar-refractivity contribution in [2.75, 3.05) is 7.11 Å². The van der Waals surface area contributed by atoms with E-state index < -0.39 is 11.8 Å². The molecule has 1 saturated carbocycles. The first kappa shape index (κ1) is 16.3. The molecule has 118 valence electrons. The quantitative estimate of drug-likeness (QED) is 0.603. The SMILES string of the molecule is CCCCCC1CCC(c2ccc(OC)cc2)C(F)(F)C1. The topological polar surface area (TPSA) is 9.23 Å². The molecular formula is C18H26F2O. The highest BCUT2D eigenvalue weighted by atomic mass is 19.3. The van der Waals surface area contributed by atoms with Crippen molar-refractivity contribution in [1.82, 2.24) is 0 Å². The number of rotatable bonds is 6. The zero-order valence-electron chi connectivity index (χ0n) is 13.1. The number of alkyl halides is 2. The fraction of sp³-hybridized carbons (Fsp3) is 0.667. The van der Waals surface area contributed by atoms with E-state index in [1.807, 2.05) is 0 Å². The van der Waals surface area contributed by atoms with Gasteiger partial charge in [-0.25, -0.2) is 8.78 Å². The molecule has 0 saturated heterocycles. The van der Waals surface area contributed by atoms with Gasteiger partial charge in [-0.3, -0.25) is 0 Å². The molecule has 0 spiro atoms. The van der Waals surface area contributed by atoms with Crippen LogP contribution in [-0.4, -0.2) is 13.0 Å². The Hall–Kier alpha value is -1.12. The summed E-state index contributed by atoms with van der Waals surface area (Å²) in [7, 11) is 1.59. The Kier molecular flexibility index (Phi) is 5.60. The number of ether oxygens (including phenoxy) is 1. The van der Waals surface area contributed by atoms with Crippen LogP contribution in [0.1, 0.15) is 63.4 Å². The van der Waals surface area contributed by atoms with Gasteiger partial charge < -0.3 is 4.74 Å². The van der Waals surface area contributed by atoms with Crippen molar-refractivity contribution in [3.8, 4) is 5.75 Å². The molecule has 0 N–H and O–H groups in total. The third kappa shape index (κ3) is 4.18. The molecule has 21 heavy (non-hydrogen) atoms. The maximum absolute atomic E-state index is 14.5. The van der Waals surface area contributed by atoms with Crippen molar-refractivity contribution in [2.24, 2.45) is 5.92 Å². The Labute approximate surface area is 126 Å². The molecule has 0 aromatic heterocycles. The number of hydrogen-bond donors (Lipinski definition) is 0. The molecule has 1 aliphatic carbocycles. The predicted octanol–water partition coefficient (Wildman–Crippen LogP) is 5.79. The van der Waals surface area contributed by atoms with Crippen LogP contribution in [0.5, 0.6) is 5.75 Å². The molecule has 1 aromatic carbocycles. The van der Waals surface area contributed by atoms with Crippen LogP contribution < -0.4 is 4.74 Å². The number of hydrogen-bond acceptors (Lipinski definition) is 1. The summed E-state index contributed by atoms with van der Waals surface area (Å²) < 4.78 is 34.0. The molecule has 1 aromatic rings. The van der Waals surface area contributed by atoms with Crippen LogP contribution in [0.25, 0.3) is 0 Å². The van der Waals surface area contributed by atoms with Gasteiger partial charge in [-0.05, 0) is 36.5 Å². The minimum absolute atomic E-state index is 0.0490. The van der Waals surface area contributed by atoms with Crippen molar-refractivity contribution in [3.05, 3.63) is 29.8 Å². The third-order valence-corrected chi connectivity index (χ3v) is 4.67. The van der Waals surface area contributed by atoms with E-state index in [0.717, 1.165) is 43.4 Å². The first-order chi connectivity index (χ1) is 10.1. The van der Waals surface area contributed by atoms with Crippen LogP contribution in [-0.2, 0) is 0 Å². The van der Waals surface area contributed by atoms with Crippen molar-refractivity contribution in [1.29, 1.82) is 0 Å². The maximum Gasteiger partial charge on any atom is 0.255 e. The van der Waals surface area contributed by atoms with Crippen molar-refractivity contribution in [2.45, 2.75) is 63.7 Å². The first-order valence-electron chi connectivity index (χ1n) is 8.08. The van der Waals surface area contributed by atoms with Gasteiger partial charge in [0.15, 0.2) is 0 Å². The third-order valence-electron chi connectivity index (χ3n) is 4.67. The molecule has 2 unspecified atom stereocenters. The molecule has 0 heterocycles. The monoisotopic (exact) mass is 296 g/mol. The predicted molar refractivity (Wildman–Crippen MR) is 82.2 cm³/mol. The van der Waals surface area contributed by atoms with E-state index >= 15 is 0 Å². The highest BCUT2D eigenvalue weighted by Crippen LogP contribution is 2.48. The Balaban J connectivity index is 1.99. The maximum atomic E-state index is 14.5. The molecular weight excluding hydrogens is 270 g/mol. The van der Waals surface area contributed by atoms with E-state index in [1.54, 1.807) is 31.4 Å². The minimum atomic E-state index is -2.58. The molecule has 0 aliphatic heterocycles. The summed E-state index contributed by atoms with van der Waals surface area (Å²) in [5.41, 5.74) is 0.743. The molecule has 1 nitrogen and oxygen atoms in total. The molecule has 0 bridgehead atoms. The molecule has 3 heteroatoms. The Morgan fingerprint density at radius 2 is 1.86 bits per heavy atom. The second kappa shape index (κ2) is 7.24. The lowest BCUT2D eigenvalue weighted by molar-refractivity contribution is -0.0738. The van der Waals surface area contributed by atoms with Gasteiger partial charge in [-0.15, -0.1) is 0 Å². The summed E-state index contributed by atoms with van der Waals surface area (Å²) in [5, 5.41) is 0. The highest BCUT2D eigenvalue weighted by Gasteiger charge is 2.45. The number of unbranched alkanes of at least 4 members (excludes halogenated alkanes) is 2. The second-order valence-corrected chi connectivity index (χ2v) is 6.23. The smallest absolute Gasteiger partial charge is 0.255 e. The van der Waals surface area contributed by atoms with Crippen LogP contribution in [0, 0.1) is 5.92 Å². The van der Waals surface area contributed by atoms with Crippen molar-refractivity contribution in [3.63, 3.8) is 0 Å². The lowest BCUT2D eigenvalue weighted by atomic mass is 9.74. The highest BCUT2D eigenvalue weighted by molar-refractivity contribution is 5.31. The zero-order chi connectivity index (χ0) is 15.3. The van der Waals surface area contributed by atoms with Gasteiger partial charge in [-0.2, -0.15) is 0 Å². The summed E-state index contributed by atoms with van der Waals surface area (Å²) >= 11 is 0. The van der Waals surface area contributed by atoms with Crippen LogP contribution in [0.3, 0.4) is 0 Å². The van der Waals surface area contributed by atoms with Gasteiger partial charge >= 0.3 is 0 Å². The molecule has 1 aliphatic rings. The lowest BCUT2D eigenvalue weighted by Gasteiger charge is -2.36. The van der Waals surface area contributed by atoms with Crippen LogP contribution in [0.15, 0.2) is 24.3 Å². The summed E-state index contributed by atoms with van der Waals surface area (Å²) in [6.07, 6.45) is 5.92. The van der Waals surface area contributed by atoms with Crippen molar-refractivity contribution >= 4 is 0 Å². The average molecular weight is 296 g/mol. The summed E-state index contributed by atoms with van der Waals surface area (Å²) in [5.74, 6) is -2.30. The fourth-order valence-electron chi connectivity index (χ4n) is 3.42. The van der Waals surface area contributed by atoms with Gasteiger partial charge in [-0.1, -0.05) is 44.7 Å². The molecule has 1 fully saturated rings. The van der Waals surface area contributed by atoms with Gasteiger partial charge in [0, 0.05) is 12.3 Å². The van der Waals surface area contributed by atoms with Crippen LogP contribution >= 0.6 is 0 Å².